The number of aromatic nitrogens is 1. The second-order valence-electron chi connectivity index (χ2n) is 11.4. The van der Waals surface area contributed by atoms with Crippen LogP contribution in [0.2, 0.25) is 0 Å². The molecule has 4 bridgehead atoms. The minimum atomic E-state index is 0.370. The number of fused-ring (bicyclic) bond motifs is 3. The van der Waals surface area contributed by atoms with E-state index in [-0.39, 0.29) is 0 Å². The van der Waals surface area contributed by atoms with Crippen molar-refractivity contribution in [3.63, 3.8) is 0 Å². The molecule has 1 N–H and O–H groups in total. The van der Waals surface area contributed by atoms with Gasteiger partial charge >= 0.3 is 0 Å². The fraction of sp³-hybridized carbons (Fsp3) is 0.556. The third-order valence-corrected chi connectivity index (χ3v) is 8.45. The lowest BCUT2D eigenvalue weighted by atomic mass is 9.43. The number of benzene rings is 2. The van der Waals surface area contributed by atoms with Gasteiger partial charge in [-0.2, -0.15) is 0 Å². The molecule has 0 saturated heterocycles. The zero-order valence-corrected chi connectivity index (χ0v) is 18.2. The minimum Gasteiger partial charge on any atom is -0.341 e. The molecule has 152 valence electrons. The van der Waals surface area contributed by atoms with Crippen LogP contribution in [-0.2, 0) is 13.1 Å². The normalized spacial score (nSPS) is 35.8. The summed E-state index contributed by atoms with van der Waals surface area (Å²) in [4.78, 5) is 0. The van der Waals surface area contributed by atoms with Crippen LogP contribution in [0.25, 0.3) is 21.8 Å². The van der Waals surface area contributed by atoms with Crippen LogP contribution in [0.15, 0.2) is 42.5 Å². The molecule has 2 nitrogen and oxygen atoms in total. The molecule has 29 heavy (non-hydrogen) atoms. The van der Waals surface area contributed by atoms with Gasteiger partial charge in [0.1, 0.15) is 0 Å². The number of nitrogens with one attached hydrogen (secondary N) is 1. The van der Waals surface area contributed by atoms with Crippen LogP contribution in [-0.4, -0.2) is 10.1 Å². The SMILES string of the molecule is CCn1c2ccccc2c2cc(CNC34CC5C[C@@](C)(C3)C[C@](C)(C5)C4)ccc21. The Morgan fingerprint density at radius 2 is 1.62 bits per heavy atom. The van der Waals surface area contributed by atoms with Crippen LogP contribution in [0.5, 0.6) is 0 Å². The van der Waals surface area contributed by atoms with E-state index in [0.717, 1.165) is 19.0 Å². The van der Waals surface area contributed by atoms with Gasteiger partial charge in [0.05, 0.1) is 0 Å². The number of hydrogen-bond donors (Lipinski definition) is 1. The van der Waals surface area contributed by atoms with E-state index in [1.165, 1.54) is 65.9 Å². The van der Waals surface area contributed by atoms with Crippen molar-refractivity contribution >= 4 is 21.8 Å². The highest BCUT2D eigenvalue weighted by atomic mass is 15.0. The Hall–Kier alpha value is -1.80. The summed E-state index contributed by atoms with van der Waals surface area (Å²) in [7, 11) is 0. The summed E-state index contributed by atoms with van der Waals surface area (Å²) in [5.41, 5.74) is 5.67. The Bertz CT molecular complexity index is 1090. The number of nitrogens with zero attached hydrogens (tertiary/aromatic N) is 1. The van der Waals surface area contributed by atoms with Crippen LogP contribution < -0.4 is 5.32 Å². The molecule has 1 aromatic heterocycles. The molecule has 0 amide bonds. The zero-order chi connectivity index (χ0) is 19.9. The topological polar surface area (TPSA) is 17.0 Å². The van der Waals surface area contributed by atoms with E-state index in [9.17, 15) is 0 Å². The first kappa shape index (κ1) is 18.0. The van der Waals surface area contributed by atoms with Crippen molar-refractivity contribution in [1.29, 1.82) is 0 Å². The van der Waals surface area contributed by atoms with E-state index in [2.05, 4.69) is 73.1 Å². The second-order valence-corrected chi connectivity index (χ2v) is 11.4. The Balaban J connectivity index is 1.32. The van der Waals surface area contributed by atoms with Crippen molar-refractivity contribution in [2.45, 2.75) is 77.9 Å². The van der Waals surface area contributed by atoms with E-state index in [0.29, 0.717) is 16.4 Å². The number of para-hydroxylation sites is 1. The van der Waals surface area contributed by atoms with Gasteiger partial charge in [0.25, 0.3) is 0 Å². The van der Waals surface area contributed by atoms with Crippen molar-refractivity contribution in [3.8, 4) is 0 Å². The summed E-state index contributed by atoms with van der Waals surface area (Å²) in [6, 6.07) is 16.0. The monoisotopic (exact) mass is 386 g/mol. The molecule has 7 rings (SSSR count). The molecule has 4 aliphatic carbocycles. The van der Waals surface area contributed by atoms with Crippen molar-refractivity contribution in [1.82, 2.24) is 9.88 Å². The number of rotatable bonds is 4. The summed E-state index contributed by atoms with van der Waals surface area (Å²) >= 11 is 0. The molecule has 2 heteroatoms. The summed E-state index contributed by atoms with van der Waals surface area (Å²) in [5, 5.41) is 6.92. The molecule has 0 radical (unpaired) electrons. The predicted molar refractivity (Wildman–Crippen MR) is 122 cm³/mol. The Kier molecular flexibility index (Phi) is 3.65. The van der Waals surface area contributed by atoms with Crippen molar-refractivity contribution in [3.05, 3.63) is 48.0 Å². The van der Waals surface area contributed by atoms with Crippen molar-refractivity contribution < 1.29 is 0 Å². The lowest BCUT2D eigenvalue weighted by Gasteiger charge is -2.65. The molecule has 2 aromatic carbocycles. The van der Waals surface area contributed by atoms with Crippen LogP contribution in [0, 0.1) is 16.7 Å². The van der Waals surface area contributed by atoms with Gasteiger partial charge < -0.3 is 9.88 Å². The van der Waals surface area contributed by atoms with Gasteiger partial charge in [-0.25, -0.2) is 0 Å². The molecule has 0 spiro atoms. The van der Waals surface area contributed by atoms with Crippen LogP contribution in [0.4, 0.5) is 0 Å². The average molecular weight is 387 g/mol. The fourth-order valence-electron chi connectivity index (χ4n) is 8.49. The summed E-state index contributed by atoms with van der Waals surface area (Å²) in [6.45, 7) is 9.40. The molecule has 0 aliphatic heterocycles. The first-order chi connectivity index (χ1) is 13.9. The van der Waals surface area contributed by atoms with E-state index < -0.39 is 0 Å². The summed E-state index contributed by atoms with van der Waals surface area (Å²) < 4.78 is 2.45. The minimum absolute atomic E-state index is 0.370. The van der Waals surface area contributed by atoms with Crippen molar-refractivity contribution in [2.75, 3.05) is 0 Å². The molecule has 4 aliphatic rings. The standard InChI is InChI=1S/C27H34N2/c1-4-29-23-8-6-5-7-21(23)22-11-19(9-10-24(22)29)15-28-27-14-20-12-25(2,17-27)16-26(3,13-20)18-27/h5-11,20,28H,4,12-18H2,1-3H3/t20?,25-,26+,27?. The third-order valence-electron chi connectivity index (χ3n) is 8.45. The molecule has 4 saturated carbocycles. The molecule has 3 aromatic rings. The molecule has 2 unspecified atom stereocenters. The lowest BCUT2D eigenvalue weighted by molar-refractivity contribution is -0.118. The van der Waals surface area contributed by atoms with Gasteiger partial charge in [-0.15, -0.1) is 0 Å². The maximum atomic E-state index is 4.12. The smallest absolute Gasteiger partial charge is 0.0491 e. The van der Waals surface area contributed by atoms with Gasteiger partial charge in [-0.05, 0) is 86.0 Å². The molecular weight excluding hydrogens is 352 g/mol. The molecule has 4 fully saturated rings. The largest absolute Gasteiger partial charge is 0.341 e. The molecule has 4 atom stereocenters. The lowest BCUT2D eigenvalue weighted by Crippen LogP contribution is -2.63. The Morgan fingerprint density at radius 1 is 0.897 bits per heavy atom. The van der Waals surface area contributed by atoms with Gasteiger partial charge in [-0.1, -0.05) is 38.1 Å². The predicted octanol–water partition coefficient (Wildman–Crippen LogP) is 6.65. The highest BCUT2D eigenvalue weighted by Gasteiger charge is 2.59. The van der Waals surface area contributed by atoms with Gasteiger partial charge in [-0.3, -0.25) is 0 Å². The Labute approximate surface area is 174 Å². The second kappa shape index (κ2) is 5.88. The first-order valence-corrected chi connectivity index (χ1v) is 11.6. The van der Waals surface area contributed by atoms with E-state index in [1.54, 1.807) is 0 Å². The summed E-state index contributed by atoms with van der Waals surface area (Å²) in [5.74, 6) is 0.943. The Morgan fingerprint density at radius 3 is 2.34 bits per heavy atom. The van der Waals surface area contributed by atoms with E-state index >= 15 is 0 Å². The number of aryl methyl sites for hydroxylation is 1. The van der Waals surface area contributed by atoms with Crippen LogP contribution in [0.1, 0.15) is 64.9 Å². The highest BCUT2D eigenvalue weighted by molar-refractivity contribution is 6.08. The van der Waals surface area contributed by atoms with Gasteiger partial charge in [0.15, 0.2) is 0 Å². The first-order valence-electron chi connectivity index (χ1n) is 11.6. The zero-order valence-electron chi connectivity index (χ0n) is 18.2. The van der Waals surface area contributed by atoms with Gasteiger partial charge in [0.2, 0.25) is 0 Å². The summed E-state index contributed by atoms with van der Waals surface area (Å²) in [6.07, 6.45) is 8.54. The third kappa shape index (κ3) is 2.71. The highest BCUT2D eigenvalue weighted by Crippen LogP contribution is 2.66. The molecular formula is C27H34N2. The fourth-order valence-corrected chi connectivity index (χ4v) is 8.49. The quantitative estimate of drug-likeness (QED) is 0.531. The van der Waals surface area contributed by atoms with Crippen LogP contribution >= 0.6 is 0 Å². The number of hydrogen-bond acceptors (Lipinski definition) is 1. The van der Waals surface area contributed by atoms with Gasteiger partial charge in [0, 0.05) is 40.4 Å². The maximum Gasteiger partial charge on any atom is 0.0491 e. The van der Waals surface area contributed by atoms with E-state index in [1.807, 2.05) is 0 Å². The average Bonchev–Trinajstić information content (AvgIpc) is 2.97. The van der Waals surface area contributed by atoms with E-state index in [4.69, 9.17) is 0 Å². The van der Waals surface area contributed by atoms with Crippen LogP contribution in [0.3, 0.4) is 0 Å². The van der Waals surface area contributed by atoms with Crippen molar-refractivity contribution in [2.24, 2.45) is 16.7 Å². The maximum absolute atomic E-state index is 4.12. The molecule has 1 heterocycles.